The Morgan fingerprint density at radius 3 is 2.38 bits per heavy atom. The van der Waals surface area contributed by atoms with Crippen LogP contribution in [0.4, 0.5) is 13.2 Å². The van der Waals surface area contributed by atoms with Gasteiger partial charge in [0.1, 0.15) is 6.04 Å². The molecule has 1 aromatic rings. The van der Waals surface area contributed by atoms with E-state index in [0.717, 1.165) is 23.5 Å². The van der Waals surface area contributed by atoms with Gasteiger partial charge in [0, 0.05) is 13.0 Å². The summed E-state index contributed by atoms with van der Waals surface area (Å²) >= 11 is 0. The number of alkyl halides is 3. The average molecular weight is 367 g/mol. The number of piperidine rings is 1. The Hall–Kier alpha value is -1.65. The standard InChI is InChI=1S/C14H16F3NO5S/c1-23-13(20)12-8-10(19)6-7-18(12)24(21,22)11-4-2-9(3-5-11)14(15,16)17/h2-5,10,12,19H,6-8H2,1H3/t10-,12+/m1/s1. The van der Waals surface area contributed by atoms with Gasteiger partial charge in [-0.15, -0.1) is 0 Å². The van der Waals surface area contributed by atoms with E-state index in [0.29, 0.717) is 12.1 Å². The number of nitrogens with zero attached hydrogens (tertiary/aromatic N) is 1. The topological polar surface area (TPSA) is 83.9 Å². The van der Waals surface area contributed by atoms with Crippen molar-refractivity contribution in [2.45, 2.75) is 36.1 Å². The fourth-order valence-electron chi connectivity index (χ4n) is 2.51. The lowest BCUT2D eigenvalue weighted by molar-refractivity contribution is -0.147. The number of halogens is 3. The summed E-state index contributed by atoms with van der Waals surface area (Å²) in [7, 11) is -3.11. The quantitative estimate of drug-likeness (QED) is 0.817. The molecule has 2 rings (SSSR count). The third-order valence-corrected chi connectivity index (χ3v) is 5.71. The smallest absolute Gasteiger partial charge is 0.416 e. The molecular weight excluding hydrogens is 351 g/mol. The molecule has 10 heteroatoms. The lowest BCUT2D eigenvalue weighted by Crippen LogP contribution is -2.51. The Balaban J connectivity index is 2.35. The first-order valence-electron chi connectivity index (χ1n) is 7.02. The van der Waals surface area contributed by atoms with Gasteiger partial charge in [-0.3, -0.25) is 4.79 Å². The van der Waals surface area contributed by atoms with E-state index in [1.54, 1.807) is 0 Å². The van der Waals surface area contributed by atoms with Gasteiger partial charge in [0.2, 0.25) is 10.0 Å². The van der Waals surface area contributed by atoms with Crippen LogP contribution in [0.5, 0.6) is 0 Å². The van der Waals surface area contributed by atoms with Crippen molar-refractivity contribution in [2.75, 3.05) is 13.7 Å². The number of esters is 1. The molecule has 0 aliphatic carbocycles. The summed E-state index contributed by atoms with van der Waals surface area (Å²) in [6.45, 7) is -0.135. The normalized spacial score (nSPS) is 23.0. The molecule has 134 valence electrons. The molecule has 0 amide bonds. The summed E-state index contributed by atoms with van der Waals surface area (Å²) in [6.07, 6.45) is -5.44. The first-order valence-corrected chi connectivity index (χ1v) is 8.46. The van der Waals surface area contributed by atoms with E-state index in [1.165, 1.54) is 0 Å². The SMILES string of the molecule is COC(=O)[C@@H]1C[C@H](O)CCN1S(=O)(=O)c1ccc(C(F)(F)F)cc1. The number of sulfonamides is 1. The molecule has 1 aliphatic heterocycles. The molecule has 0 bridgehead atoms. The average Bonchev–Trinajstić information content (AvgIpc) is 2.53. The van der Waals surface area contributed by atoms with Crippen molar-refractivity contribution in [1.29, 1.82) is 0 Å². The van der Waals surface area contributed by atoms with Gasteiger partial charge in [-0.1, -0.05) is 0 Å². The molecular formula is C14H16F3NO5S. The van der Waals surface area contributed by atoms with Crippen molar-refractivity contribution in [3.8, 4) is 0 Å². The minimum atomic E-state index is -4.58. The molecule has 1 aliphatic rings. The molecule has 0 saturated carbocycles. The summed E-state index contributed by atoms with van der Waals surface area (Å²) in [4.78, 5) is 11.4. The van der Waals surface area contributed by atoms with Crippen molar-refractivity contribution in [3.05, 3.63) is 29.8 Å². The Labute approximate surface area is 136 Å². The van der Waals surface area contributed by atoms with Gasteiger partial charge in [0.05, 0.1) is 23.7 Å². The molecule has 1 heterocycles. The van der Waals surface area contributed by atoms with Crippen molar-refractivity contribution >= 4 is 16.0 Å². The second kappa shape index (κ2) is 6.69. The molecule has 1 saturated heterocycles. The van der Waals surface area contributed by atoms with Crippen LogP contribution in [-0.2, 0) is 25.7 Å². The highest BCUT2D eigenvalue weighted by Gasteiger charge is 2.41. The number of methoxy groups -OCH3 is 1. The van der Waals surface area contributed by atoms with E-state index in [9.17, 15) is 31.5 Å². The third kappa shape index (κ3) is 3.70. The lowest BCUT2D eigenvalue weighted by atomic mass is 10.0. The Kier molecular flexibility index (Phi) is 5.21. The number of carbonyl (C=O) groups is 1. The van der Waals surface area contributed by atoms with Crippen molar-refractivity contribution < 1.29 is 36.2 Å². The van der Waals surface area contributed by atoms with Crippen molar-refractivity contribution in [1.82, 2.24) is 4.31 Å². The Bertz CT molecular complexity index is 702. The fraction of sp³-hybridized carbons (Fsp3) is 0.500. The molecule has 24 heavy (non-hydrogen) atoms. The zero-order valence-corrected chi connectivity index (χ0v) is 13.5. The van der Waals surface area contributed by atoms with Crippen LogP contribution in [0, 0.1) is 0 Å². The largest absolute Gasteiger partial charge is 0.468 e. The van der Waals surface area contributed by atoms with Crippen LogP contribution >= 0.6 is 0 Å². The highest BCUT2D eigenvalue weighted by Crippen LogP contribution is 2.31. The molecule has 2 atom stereocenters. The lowest BCUT2D eigenvalue weighted by Gasteiger charge is -2.35. The van der Waals surface area contributed by atoms with Crippen LogP contribution in [0.15, 0.2) is 29.2 Å². The van der Waals surface area contributed by atoms with E-state index in [-0.39, 0.29) is 24.3 Å². The highest BCUT2D eigenvalue weighted by atomic mass is 32.2. The first kappa shape index (κ1) is 18.7. The van der Waals surface area contributed by atoms with E-state index < -0.39 is 39.9 Å². The number of hydrogen-bond donors (Lipinski definition) is 1. The predicted octanol–water partition coefficient (Wildman–Crippen LogP) is 1.39. The first-order chi connectivity index (χ1) is 11.1. The second-order valence-corrected chi connectivity index (χ2v) is 7.25. The predicted molar refractivity (Wildman–Crippen MR) is 76.4 cm³/mol. The molecule has 0 aromatic heterocycles. The molecule has 0 radical (unpaired) electrons. The van der Waals surface area contributed by atoms with Gasteiger partial charge in [-0.25, -0.2) is 8.42 Å². The van der Waals surface area contributed by atoms with Gasteiger partial charge in [0.25, 0.3) is 0 Å². The van der Waals surface area contributed by atoms with Crippen LogP contribution in [0.2, 0.25) is 0 Å². The number of benzene rings is 1. The Morgan fingerprint density at radius 1 is 1.29 bits per heavy atom. The van der Waals surface area contributed by atoms with Gasteiger partial charge >= 0.3 is 12.1 Å². The van der Waals surface area contributed by atoms with Crippen LogP contribution in [0.1, 0.15) is 18.4 Å². The summed E-state index contributed by atoms with van der Waals surface area (Å²) in [5.41, 5.74) is -0.972. The maximum atomic E-state index is 12.6. The summed E-state index contributed by atoms with van der Waals surface area (Å²) < 4.78 is 68.4. The number of aliphatic hydroxyl groups is 1. The van der Waals surface area contributed by atoms with Crippen LogP contribution in [0.25, 0.3) is 0 Å². The van der Waals surface area contributed by atoms with E-state index in [2.05, 4.69) is 4.74 Å². The van der Waals surface area contributed by atoms with Crippen molar-refractivity contribution in [2.24, 2.45) is 0 Å². The summed E-state index contributed by atoms with van der Waals surface area (Å²) in [6, 6.07) is 1.80. The van der Waals surface area contributed by atoms with Gasteiger partial charge in [-0.05, 0) is 30.7 Å². The maximum absolute atomic E-state index is 12.6. The van der Waals surface area contributed by atoms with Crippen LogP contribution in [0.3, 0.4) is 0 Å². The van der Waals surface area contributed by atoms with E-state index in [4.69, 9.17) is 0 Å². The second-order valence-electron chi connectivity index (χ2n) is 5.36. The maximum Gasteiger partial charge on any atom is 0.416 e. The number of rotatable bonds is 3. The molecule has 1 N–H and O–H groups in total. The molecule has 0 spiro atoms. The minimum Gasteiger partial charge on any atom is -0.468 e. The fourth-order valence-corrected chi connectivity index (χ4v) is 4.12. The molecule has 1 fully saturated rings. The number of aliphatic hydroxyl groups excluding tert-OH is 1. The van der Waals surface area contributed by atoms with Crippen LogP contribution < -0.4 is 0 Å². The molecule has 0 unspecified atom stereocenters. The zero-order chi connectivity index (χ0) is 18.1. The van der Waals surface area contributed by atoms with Crippen LogP contribution in [-0.4, -0.2) is 49.6 Å². The Morgan fingerprint density at radius 2 is 1.88 bits per heavy atom. The number of carbonyl (C=O) groups excluding carboxylic acids is 1. The minimum absolute atomic E-state index is 0.118. The zero-order valence-electron chi connectivity index (χ0n) is 12.7. The summed E-state index contributed by atoms with van der Waals surface area (Å²) in [5.74, 6) is -0.829. The monoisotopic (exact) mass is 367 g/mol. The van der Waals surface area contributed by atoms with Gasteiger partial charge < -0.3 is 9.84 Å². The van der Waals surface area contributed by atoms with E-state index in [1.807, 2.05) is 0 Å². The van der Waals surface area contributed by atoms with Gasteiger partial charge in [-0.2, -0.15) is 17.5 Å². The summed E-state index contributed by atoms with van der Waals surface area (Å²) in [5, 5.41) is 9.65. The van der Waals surface area contributed by atoms with Gasteiger partial charge in [0.15, 0.2) is 0 Å². The van der Waals surface area contributed by atoms with E-state index >= 15 is 0 Å². The third-order valence-electron chi connectivity index (χ3n) is 3.79. The number of hydrogen-bond acceptors (Lipinski definition) is 5. The highest BCUT2D eigenvalue weighted by molar-refractivity contribution is 7.89. The molecule has 6 nitrogen and oxygen atoms in total. The van der Waals surface area contributed by atoms with Crippen molar-refractivity contribution in [3.63, 3.8) is 0 Å². The number of ether oxygens (including phenoxy) is 1. The molecule has 1 aromatic carbocycles.